The first kappa shape index (κ1) is 21.4. The maximum Gasteiger partial charge on any atom is 0.251 e. The fourth-order valence-corrected chi connectivity index (χ4v) is 5.44. The van der Waals surface area contributed by atoms with Crippen LogP contribution in [-0.2, 0) is 14.8 Å². The molecule has 1 atom stereocenters. The fourth-order valence-electron chi connectivity index (χ4n) is 3.65. The van der Waals surface area contributed by atoms with E-state index in [0.29, 0.717) is 5.02 Å². The van der Waals surface area contributed by atoms with Gasteiger partial charge in [0.25, 0.3) is 5.92 Å². The molecule has 2 fully saturated rings. The van der Waals surface area contributed by atoms with Crippen LogP contribution in [0.1, 0.15) is 25.7 Å². The second kappa shape index (κ2) is 8.61. The minimum absolute atomic E-state index is 0.00648. The van der Waals surface area contributed by atoms with E-state index < -0.39 is 40.7 Å². The third-order valence-corrected chi connectivity index (χ3v) is 7.39. The second-order valence-electron chi connectivity index (χ2n) is 7.34. The molecule has 0 radical (unpaired) electrons. The fraction of sp³-hybridized carbons (Fsp3) is 0.611. The van der Waals surface area contributed by atoms with E-state index in [9.17, 15) is 22.0 Å². The molecule has 0 saturated carbocycles. The Labute approximate surface area is 168 Å². The third-order valence-electron chi connectivity index (χ3n) is 5.25. The number of benzene rings is 1. The van der Waals surface area contributed by atoms with Crippen LogP contribution in [0.25, 0.3) is 0 Å². The lowest BCUT2D eigenvalue weighted by Gasteiger charge is -2.34. The Bertz CT molecular complexity index is 799. The number of amides is 1. The van der Waals surface area contributed by atoms with Gasteiger partial charge in [-0.3, -0.25) is 4.79 Å². The standard InChI is InChI=1S/C18H24ClF2N3O3S/c19-14-1-3-15(4-2-14)28(26,27)24(12-13-5-8-22-9-6-13)16-11-18(20,21)7-10-23-17(16)25/h1-4,13,16,22H,5-12H2,(H,23,25). The molecule has 28 heavy (non-hydrogen) atoms. The molecule has 2 saturated heterocycles. The summed E-state index contributed by atoms with van der Waals surface area (Å²) in [5.74, 6) is -3.80. The predicted molar refractivity (Wildman–Crippen MR) is 102 cm³/mol. The van der Waals surface area contributed by atoms with Crippen molar-refractivity contribution in [1.82, 2.24) is 14.9 Å². The molecule has 0 spiro atoms. The van der Waals surface area contributed by atoms with Crippen LogP contribution in [-0.4, -0.2) is 56.8 Å². The summed E-state index contributed by atoms with van der Waals surface area (Å²) in [5.41, 5.74) is 0. The zero-order chi connectivity index (χ0) is 20.4. The largest absolute Gasteiger partial charge is 0.354 e. The molecular weight excluding hydrogens is 412 g/mol. The third kappa shape index (κ3) is 5.00. The van der Waals surface area contributed by atoms with E-state index in [1.54, 1.807) is 0 Å². The Kier molecular flexibility index (Phi) is 6.58. The molecule has 2 N–H and O–H groups in total. The average Bonchev–Trinajstić information content (AvgIpc) is 2.78. The number of piperidine rings is 1. The normalized spacial score (nSPS) is 24.0. The molecule has 0 aliphatic carbocycles. The van der Waals surface area contributed by atoms with Gasteiger partial charge in [-0.05, 0) is 56.1 Å². The number of halogens is 3. The summed E-state index contributed by atoms with van der Waals surface area (Å²) in [7, 11) is -4.16. The summed E-state index contributed by atoms with van der Waals surface area (Å²) in [6, 6.07) is 4.07. The Hall–Kier alpha value is -1.29. The number of sulfonamides is 1. The first-order chi connectivity index (χ1) is 13.2. The molecule has 1 aromatic rings. The number of carbonyl (C=O) groups is 1. The molecule has 156 valence electrons. The molecule has 2 aliphatic rings. The molecule has 0 bridgehead atoms. The molecule has 10 heteroatoms. The number of hydrogen-bond donors (Lipinski definition) is 2. The number of nitrogens with one attached hydrogen (secondary N) is 2. The minimum atomic E-state index is -4.16. The Morgan fingerprint density at radius 1 is 1.14 bits per heavy atom. The topological polar surface area (TPSA) is 78.5 Å². The summed E-state index contributed by atoms with van der Waals surface area (Å²) in [6.45, 7) is 1.31. The van der Waals surface area contributed by atoms with Gasteiger partial charge in [0, 0.05) is 31.0 Å². The lowest BCUT2D eigenvalue weighted by Crippen LogP contribution is -2.52. The van der Waals surface area contributed by atoms with Crippen molar-refractivity contribution in [3.8, 4) is 0 Å². The lowest BCUT2D eigenvalue weighted by molar-refractivity contribution is -0.126. The van der Waals surface area contributed by atoms with Gasteiger partial charge in [0.2, 0.25) is 15.9 Å². The van der Waals surface area contributed by atoms with Crippen LogP contribution in [0.15, 0.2) is 29.2 Å². The number of alkyl halides is 2. The highest BCUT2D eigenvalue weighted by Crippen LogP contribution is 2.32. The first-order valence-corrected chi connectivity index (χ1v) is 11.1. The molecule has 1 aromatic carbocycles. The molecule has 2 heterocycles. The summed E-state index contributed by atoms with van der Waals surface area (Å²) in [4.78, 5) is 12.5. The number of carbonyl (C=O) groups excluding carboxylic acids is 1. The van der Waals surface area contributed by atoms with E-state index in [1.807, 2.05) is 0 Å². The number of rotatable bonds is 5. The highest BCUT2D eigenvalue weighted by Gasteiger charge is 2.45. The molecule has 0 aromatic heterocycles. The monoisotopic (exact) mass is 435 g/mol. The molecule has 6 nitrogen and oxygen atoms in total. The van der Waals surface area contributed by atoms with Crippen LogP contribution in [0.5, 0.6) is 0 Å². The van der Waals surface area contributed by atoms with Gasteiger partial charge in [0.05, 0.1) is 4.90 Å². The van der Waals surface area contributed by atoms with Crippen molar-refractivity contribution in [3.63, 3.8) is 0 Å². The quantitative estimate of drug-likeness (QED) is 0.743. The van der Waals surface area contributed by atoms with Crippen LogP contribution < -0.4 is 10.6 Å². The van der Waals surface area contributed by atoms with Crippen molar-refractivity contribution in [2.45, 2.75) is 42.5 Å². The van der Waals surface area contributed by atoms with Crippen molar-refractivity contribution in [3.05, 3.63) is 29.3 Å². The van der Waals surface area contributed by atoms with Gasteiger partial charge < -0.3 is 10.6 Å². The van der Waals surface area contributed by atoms with Crippen LogP contribution >= 0.6 is 11.6 Å². The summed E-state index contributed by atoms with van der Waals surface area (Å²) < 4.78 is 56.1. The predicted octanol–water partition coefficient (Wildman–Crippen LogP) is 2.24. The maximum absolute atomic E-state index is 14.2. The Balaban J connectivity index is 1.98. The zero-order valence-corrected chi connectivity index (χ0v) is 16.9. The van der Waals surface area contributed by atoms with Gasteiger partial charge in [-0.25, -0.2) is 17.2 Å². The number of nitrogens with zero attached hydrogens (tertiary/aromatic N) is 1. The summed E-state index contributed by atoms with van der Waals surface area (Å²) in [6.07, 6.45) is 0.114. The van der Waals surface area contributed by atoms with Crippen molar-refractivity contribution >= 4 is 27.5 Å². The van der Waals surface area contributed by atoms with Crippen LogP contribution in [0, 0.1) is 5.92 Å². The SMILES string of the molecule is O=C1NCCC(F)(F)CC1N(CC1CCNCC1)S(=O)(=O)c1ccc(Cl)cc1. The van der Waals surface area contributed by atoms with E-state index in [-0.39, 0.29) is 23.9 Å². The van der Waals surface area contributed by atoms with E-state index in [1.165, 1.54) is 24.3 Å². The smallest absolute Gasteiger partial charge is 0.251 e. The number of hydrogen-bond acceptors (Lipinski definition) is 4. The Morgan fingerprint density at radius 3 is 2.43 bits per heavy atom. The highest BCUT2D eigenvalue weighted by molar-refractivity contribution is 7.89. The summed E-state index contributed by atoms with van der Waals surface area (Å²) in [5, 5.41) is 6.00. The zero-order valence-electron chi connectivity index (χ0n) is 15.3. The van der Waals surface area contributed by atoms with Gasteiger partial charge >= 0.3 is 0 Å². The van der Waals surface area contributed by atoms with Gasteiger partial charge in [-0.1, -0.05) is 11.6 Å². The molecule has 1 amide bonds. The maximum atomic E-state index is 14.2. The minimum Gasteiger partial charge on any atom is -0.354 e. The van der Waals surface area contributed by atoms with Gasteiger partial charge in [-0.15, -0.1) is 0 Å². The van der Waals surface area contributed by atoms with Gasteiger partial charge in [0.15, 0.2) is 0 Å². The van der Waals surface area contributed by atoms with Gasteiger partial charge in [0.1, 0.15) is 6.04 Å². The van der Waals surface area contributed by atoms with E-state index in [4.69, 9.17) is 11.6 Å². The molecule has 3 rings (SSSR count). The van der Waals surface area contributed by atoms with Crippen LogP contribution in [0.2, 0.25) is 5.02 Å². The molecule has 1 unspecified atom stereocenters. The molecule has 2 aliphatic heterocycles. The summed E-state index contributed by atoms with van der Waals surface area (Å²) >= 11 is 5.85. The van der Waals surface area contributed by atoms with E-state index in [2.05, 4.69) is 10.6 Å². The molecular formula is C18H24ClF2N3O3S. The van der Waals surface area contributed by atoms with Crippen molar-refractivity contribution in [1.29, 1.82) is 0 Å². The van der Waals surface area contributed by atoms with Crippen molar-refractivity contribution in [2.75, 3.05) is 26.2 Å². The van der Waals surface area contributed by atoms with Crippen LogP contribution in [0.3, 0.4) is 0 Å². The van der Waals surface area contributed by atoms with E-state index in [0.717, 1.165) is 30.2 Å². The van der Waals surface area contributed by atoms with E-state index >= 15 is 0 Å². The Morgan fingerprint density at radius 2 is 1.79 bits per heavy atom. The van der Waals surface area contributed by atoms with Crippen molar-refractivity contribution in [2.24, 2.45) is 5.92 Å². The second-order valence-corrected chi connectivity index (χ2v) is 9.67. The van der Waals surface area contributed by atoms with Gasteiger partial charge in [-0.2, -0.15) is 4.31 Å². The first-order valence-electron chi connectivity index (χ1n) is 9.33. The highest BCUT2D eigenvalue weighted by atomic mass is 35.5. The lowest BCUT2D eigenvalue weighted by atomic mass is 9.97. The average molecular weight is 436 g/mol. The van der Waals surface area contributed by atoms with Crippen molar-refractivity contribution < 1.29 is 22.0 Å². The van der Waals surface area contributed by atoms with Crippen LogP contribution in [0.4, 0.5) is 8.78 Å².